The number of rotatable bonds is 6. The third-order valence-corrected chi connectivity index (χ3v) is 6.51. The largest absolute Gasteiger partial charge is 0.214 e. The van der Waals surface area contributed by atoms with Crippen LogP contribution in [0.5, 0.6) is 0 Å². The van der Waals surface area contributed by atoms with E-state index in [9.17, 15) is 39.5 Å². The molecule has 3 N–H and O–H groups in total. The first-order valence-electron chi connectivity index (χ1n) is 10.2. The fourth-order valence-electron chi connectivity index (χ4n) is 1.28. The van der Waals surface area contributed by atoms with Gasteiger partial charge in [-0.15, -0.1) is 0 Å². The van der Waals surface area contributed by atoms with Crippen molar-refractivity contribution < 1.29 is 80.7 Å². The Morgan fingerprint density at radius 1 is 0.588 bits per heavy atom. The van der Waals surface area contributed by atoms with Gasteiger partial charge in [-0.2, -0.15) is 18.2 Å². The molecule has 0 amide bonds. The van der Waals surface area contributed by atoms with Gasteiger partial charge < -0.3 is 15.3 Å². The van der Waals surface area contributed by atoms with Gasteiger partial charge in [0.15, 0.2) is 0 Å². The Balaban J connectivity index is -0.000000112. The first-order chi connectivity index (χ1) is 15.1. The molecule has 0 aliphatic rings. The second-order valence-electron chi connectivity index (χ2n) is 6.06. The van der Waals surface area contributed by atoms with Crippen molar-refractivity contribution in [1.29, 1.82) is 0 Å². The van der Waals surface area contributed by atoms with Crippen molar-refractivity contribution in [3.05, 3.63) is 30.3 Å². The van der Waals surface area contributed by atoms with Gasteiger partial charge in [-0.25, -0.2) is 12.1 Å². The number of halogens is 9. The van der Waals surface area contributed by atoms with Gasteiger partial charge in [0, 0.05) is 45.7 Å². The van der Waals surface area contributed by atoms with E-state index in [-0.39, 0.29) is 25.8 Å². The molecule has 1 aromatic carbocycles. The monoisotopic (exact) mass is 748 g/mol. The fraction of sp³-hybridized carbons (Fsp3) is 0.750. The Labute approximate surface area is 219 Å². The van der Waals surface area contributed by atoms with E-state index in [2.05, 4.69) is 20.8 Å². The van der Waals surface area contributed by atoms with Gasteiger partial charge in [-0.3, -0.25) is 0 Å². The molecular formula is C20H35F9GeHfO3-. The van der Waals surface area contributed by atoms with Crippen molar-refractivity contribution in [3.63, 3.8) is 0 Å². The van der Waals surface area contributed by atoms with Crippen LogP contribution in [0.3, 0.4) is 0 Å². The zero-order valence-corrected chi connectivity index (χ0v) is 25.2. The molecule has 34 heavy (non-hydrogen) atoms. The van der Waals surface area contributed by atoms with Gasteiger partial charge in [0.05, 0.1) is 0 Å². The van der Waals surface area contributed by atoms with E-state index in [1.165, 1.54) is 0 Å². The summed E-state index contributed by atoms with van der Waals surface area (Å²) in [7, 11) is 0. The molecule has 3 nitrogen and oxygen atoms in total. The zero-order valence-electron chi connectivity index (χ0n) is 19.5. The molecule has 0 heterocycles. The minimum Gasteiger partial charge on any atom is -0.214 e. The minimum atomic E-state index is -7.10. The number of alkyl halides is 9. The average Bonchev–Trinajstić information content (AvgIpc) is 3.21. The molecule has 0 atom stereocenters. The van der Waals surface area contributed by atoms with Gasteiger partial charge in [-0.05, 0) is 19.3 Å². The van der Waals surface area contributed by atoms with E-state index in [4.69, 9.17) is 15.3 Å². The van der Waals surface area contributed by atoms with Gasteiger partial charge in [0.1, 0.15) is 0 Å². The molecular weight excluding hydrogens is 710 g/mol. The van der Waals surface area contributed by atoms with Crippen molar-refractivity contribution in [2.75, 3.05) is 19.8 Å². The normalized spacial score (nSPS) is 10.7. The summed E-state index contributed by atoms with van der Waals surface area (Å²) in [5.41, 5.74) is 0. The van der Waals surface area contributed by atoms with Gasteiger partial charge >= 0.3 is 68.9 Å². The maximum Gasteiger partial charge on any atom is 0 e. The molecule has 1 aromatic rings. The van der Waals surface area contributed by atoms with Gasteiger partial charge in [-0.1, -0.05) is 40.0 Å². The van der Waals surface area contributed by atoms with Crippen LogP contribution in [-0.4, -0.2) is 64.5 Å². The van der Waals surface area contributed by atoms with Crippen LogP contribution >= 0.6 is 0 Å². The molecule has 1 rings (SSSR count). The fourth-order valence-corrected chi connectivity index (χ4v) is 3.30. The van der Waals surface area contributed by atoms with E-state index in [0.29, 0.717) is 19.8 Å². The molecule has 0 unspecified atom stereocenters. The molecule has 0 aliphatic heterocycles. The molecule has 0 spiro atoms. The minimum absolute atomic E-state index is 0. The molecule has 0 fully saturated rings. The number of unbranched alkanes of at least 4 members (excludes halogenated alkanes) is 3. The summed E-state index contributed by atoms with van der Waals surface area (Å²) >= 11 is -7.10. The van der Waals surface area contributed by atoms with Crippen LogP contribution in [0.15, 0.2) is 30.3 Å². The Hall–Kier alpha value is 0.0130. The van der Waals surface area contributed by atoms with E-state index in [0.717, 1.165) is 38.5 Å². The van der Waals surface area contributed by atoms with Crippen LogP contribution in [0, 0.1) is 0 Å². The molecule has 0 aliphatic carbocycles. The first kappa shape index (κ1) is 44.0. The van der Waals surface area contributed by atoms with Crippen LogP contribution in [0.1, 0.15) is 59.3 Å². The molecule has 0 aromatic heterocycles. The number of aliphatic hydroxyl groups is 3. The maximum absolute atomic E-state index is 11.3. The van der Waals surface area contributed by atoms with E-state index < -0.39 is 29.4 Å². The van der Waals surface area contributed by atoms with Gasteiger partial charge in [0.25, 0.3) is 0 Å². The standard InChI is InChI=1S/C5H5.3C4H10O.C3F9Ge.Hf/c1-2-4-5-3-1;3*1-2-3-4-5;4-1(5,6)13(2(7,8)9)3(10,11)12;/h1-5H;3*5H,2-4H2,1H3;;/q-1;;;;;. The first-order valence-corrected chi connectivity index (χ1v) is 13.3. The quantitative estimate of drug-likeness (QED) is 0.177. The summed E-state index contributed by atoms with van der Waals surface area (Å²) in [5.74, 6) is 0. The Morgan fingerprint density at radius 3 is 0.853 bits per heavy atom. The average molecular weight is 746 g/mol. The van der Waals surface area contributed by atoms with Crippen LogP contribution in [-0.2, 0) is 25.8 Å². The summed E-state index contributed by atoms with van der Waals surface area (Å²) in [5, 5.41) is 5.60. The van der Waals surface area contributed by atoms with Crippen LogP contribution in [0.25, 0.3) is 0 Å². The molecule has 0 saturated heterocycles. The van der Waals surface area contributed by atoms with Crippen LogP contribution in [0.2, 0.25) is 0 Å². The van der Waals surface area contributed by atoms with E-state index in [1.54, 1.807) is 0 Å². The zero-order chi connectivity index (χ0) is 27.0. The Kier molecular flexibility index (Phi) is 35.7. The third-order valence-electron chi connectivity index (χ3n) is 2.94. The van der Waals surface area contributed by atoms with Crippen molar-refractivity contribution in [2.45, 2.75) is 74.3 Å². The Morgan fingerprint density at radius 2 is 0.824 bits per heavy atom. The van der Waals surface area contributed by atoms with Crippen molar-refractivity contribution in [3.8, 4) is 0 Å². The summed E-state index contributed by atoms with van der Waals surface area (Å²) in [6, 6.07) is 10.0. The number of hydrogen-bond acceptors (Lipinski definition) is 3. The second-order valence-corrected chi connectivity index (χ2v) is 11.2. The van der Waals surface area contributed by atoms with Crippen molar-refractivity contribution in [1.82, 2.24) is 0 Å². The molecule has 205 valence electrons. The summed E-state index contributed by atoms with van der Waals surface area (Å²) in [4.78, 5) is 0. The van der Waals surface area contributed by atoms with Gasteiger partial charge in [0.2, 0.25) is 0 Å². The SMILES string of the molecule is CCCCO.CCCCO.CCCCO.F[C](F)(F)[Ge]([C](F)(F)F)[C](F)(F)F.[Hf].c1cc[cH-]c1. The van der Waals surface area contributed by atoms with E-state index in [1.807, 2.05) is 30.3 Å². The van der Waals surface area contributed by atoms with Crippen molar-refractivity contribution in [2.24, 2.45) is 0 Å². The summed E-state index contributed by atoms with van der Waals surface area (Å²) < 4.78 is 102. The summed E-state index contributed by atoms with van der Waals surface area (Å²) in [6.45, 7) is 7.19. The number of aliphatic hydroxyl groups excluding tert-OH is 3. The molecule has 14 heteroatoms. The van der Waals surface area contributed by atoms with Crippen molar-refractivity contribution >= 4 is 14.3 Å². The molecule has 0 bridgehead atoms. The smallest absolute Gasteiger partial charge is 0 e. The maximum atomic E-state index is 11.3. The van der Waals surface area contributed by atoms with Crippen LogP contribution in [0.4, 0.5) is 39.5 Å². The van der Waals surface area contributed by atoms with Crippen LogP contribution < -0.4 is 0 Å². The third kappa shape index (κ3) is 36.6. The molecule has 0 saturated carbocycles. The number of hydrogen-bond donors (Lipinski definition) is 3. The van der Waals surface area contributed by atoms with E-state index >= 15 is 0 Å². The predicted octanol–water partition coefficient (Wildman–Crippen LogP) is 6.53. The Bertz CT molecular complexity index is 399. The second kappa shape index (κ2) is 27.6. The summed E-state index contributed by atoms with van der Waals surface area (Å²) in [6.07, 6.45) is 6.11. The predicted molar refractivity (Wildman–Crippen MR) is 112 cm³/mol. The molecule has 1 radical (unpaired) electrons. The topological polar surface area (TPSA) is 60.7 Å².